The Bertz CT molecular complexity index is 416. The largest absolute Gasteiger partial charge is 0.337 e. The lowest BCUT2D eigenvalue weighted by Gasteiger charge is -2.32. The Morgan fingerprint density at radius 3 is 2.79 bits per heavy atom. The minimum atomic E-state index is -0.673. The van der Waals surface area contributed by atoms with E-state index in [4.69, 9.17) is 5.26 Å². The van der Waals surface area contributed by atoms with E-state index in [-0.39, 0.29) is 18.5 Å². The second-order valence-corrected chi connectivity index (χ2v) is 5.27. The van der Waals surface area contributed by atoms with E-state index in [9.17, 15) is 10.1 Å². The molecule has 0 aromatic rings. The highest BCUT2D eigenvalue weighted by Crippen LogP contribution is 2.28. The van der Waals surface area contributed by atoms with Gasteiger partial charge >= 0.3 is 0 Å². The summed E-state index contributed by atoms with van der Waals surface area (Å²) in [4.78, 5) is 13.9. The number of amides is 1. The Hall–Kier alpha value is -1.63. The lowest BCUT2D eigenvalue weighted by molar-refractivity contribution is -0.124. The second kappa shape index (κ2) is 6.01. The molecule has 0 aromatic carbocycles. The number of rotatable bonds is 3. The molecule has 6 nitrogen and oxygen atoms in total. The summed E-state index contributed by atoms with van der Waals surface area (Å²) >= 11 is 0. The lowest BCUT2D eigenvalue weighted by atomic mass is 10.00. The molecule has 1 heterocycles. The molecule has 1 aliphatic heterocycles. The van der Waals surface area contributed by atoms with Crippen molar-refractivity contribution in [2.75, 3.05) is 26.2 Å². The molecule has 1 saturated heterocycles. The van der Waals surface area contributed by atoms with Crippen molar-refractivity contribution in [2.24, 2.45) is 0 Å². The molecular weight excluding hydrogens is 242 g/mol. The third-order valence-electron chi connectivity index (χ3n) is 3.90. The van der Waals surface area contributed by atoms with Gasteiger partial charge in [-0.1, -0.05) is 0 Å². The van der Waals surface area contributed by atoms with Gasteiger partial charge in [-0.25, -0.2) is 0 Å². The number of nitriles is 2. The van der Waals surface area contributed by atoms with E-state index in [0.29, 0.717) is 13.1 Å². The Morgan fingerprint density at radius 2 is 2.16 bits per heavy atom. The van der Waals surface area contributed by atoms with E-state index >= 15 is 0 Å². The maximum absolute atomic E-state index is 12.1. The molecule has 1 unspecified atom stereocenters. The van der Waals surface area contributed by atoms with Crippen LogP contribution in [-0.4, -0.2) is 48.6 Å². The predicted molar refractivity (Wildman–Crippen MR) is 68.8 cm³/mol. The summed E-state index contributed by atoms with van der Waals surface area (Å²) in [6.45, 7) is 2.26. The molecule has 2 fully saturated rings. The zero-order chi connectivity index (χ0) is 13.7. The molecule has 0 aromatic heterocycles. The second-order valence-electron chi connectivity index (χ2n) is 5.27. The highest BCUT2D eigenvalue weighted by molar-refractivity contribution is 5.79. The number of hydrogen-bond acceptors (Lipinski definition) is 5. The van der Waals surface area contributed by atoms with Gasteiger partial charge in [0.25, 0.3) is 0 Å². The van der Waals surface area contributed by atoms with Crippen molar-refractivity contribution in [3.05, 3.63) is 0 Å². The maximum atomic E-state index is 12.1. The van der Waals surface area contributed by atoms with Gasteiger partial charge in [0.1, 0.15) is 11.6 Å². The van der Waals surface area contributed by atoms with Crippen molar-refractivity contribution >= 4 is 5.91 Å². The van der Waals surface area contributed by atoms with E-state index in [0.717, 1.165) is 32.2 Å². The van der Waals surface area contributed by atoms with Crippen LogP contribution in [0.5, 0.6) is 0 Å². The van der Waals surface area contributed by atoms with E-state index < -0.39 is 5.54 Å². The molecule has 1 atom stereocenters. The van der Waals surface area contributed by atoms with Crippen LogP contribution >= 0.6 is 0 Å². The number of carbonyl (C=O) groups is 1. The van der Waals surface area contributed by atoms with Gasteiger partial charge in [-0.3, -0.25) is 9.69 Å². The van der Waals surface area contributed by atoms with Crippen molar-refractivity contribution in [1.29, 1.82) is 10.5 Å². The van der Waals surface area contributed by atoms with Crippen molar-refractivity contribution in [3.63, 3.8) is 0 Å². The topological polar surface area (TPSA) is 91.9 Å². The van der Waals surface area contributed by atoms with Crippen LogP contribution < -0.4 is 10.6 Å². The Kier molecular flexibility index (Phi) is 4.36. The molecule has 0 spiro atoms. The summed E-state index contributed by atoms with van der Waals surface area (Å²) in [6.07, 6.45) is 3.45. The molecule has 19 heavy (non-hydrogen) atoms. The first kappa shape index (κ1) is 13.8. The highest BCUT2D eigenvalue weighted by Gasteiger charge is 2.36. The SMILES string of the molecule is N#CC1CNCCN1CC(=O)NC1(C#N)CCCC1. The minimum absolute atomic E-state index is 0.148. The zero-order valence-electron chi connectivity index (χ0n) is 11.0. The normalized spacial score (nSPS) is 26.3. The third-order valence-corrected chi connectivity index (χ3v) is 3.90. The van der Waals surface area contributed by atoms with E-state index in [1.54, 1.807) is 0 Å². The molecule has 0 radical (unpaired) electrons. The predicted octanol–water partition coefficient (Wildman–Crippen LogP) is -0.264. The van der Waals surface area contributed by atoms with E-state index in [1.807, 2.05) is 4.90 Å². The average molecular weight is 261 g/mol. The number of nitrogens with zero attached hydrogens (tertiary/aromatic N) is 3. The Balaban J connectivity index is 1.90. The minimum Gasteiger partial charge on any atom is -0.337 e. The first-order valence-electron chi connectivity index (χ1n) is 6.76. The molecular formula is C13H19N5O. The number of carbonyl (C=O) groups excluding carboxylic acids is 1. The molecule has 6 heteroatoms. The maximum Gasteiger partial charge on any atom is 0.235 e. The fourth-order valence-corrected chi connectivity index (χ4v) is 2.80. The molecule has 2 N–H and O–H groups in total. The van der Waals surface area contributed by atoms with Crippen LogP contribution in [0.25, 0.3) is 0 Å². The van der Waals surface area contributed by atoms with Gasteiger partial charge in [-0.2, -0.15) is 10.5 Å². The van der Waals surface area contributed by atoms with Gasteiger partial charge in [-0.05, 0) is 25.7 Å². The van der Waals surface area contributed by atoms with Crippen LogP contribution in [0.4, 0.5) is 0 Å². The van der Waals surface area contributed by atoms with Crippen molar-refractivity contribution in [2.45, 2.75) is 37.3 Å². The zero-order valence-corrected chi connectivity index (χ0v) is 11.0. The van der Waals surface area contributed by atoms with Gasteiger partial charge in [0.2, 0.25) is 5.91 Å². The van der Waals surface area contributed by atoms with Crippen LogP contribution in [0.15, 0.2) is 0 Å². The van der Waals surface area contributed by atoms with E-state index in [2.05, 4.69) is 22.8 Å². The number of hydrogen-bond donors (Lipinski definition) is 2. The summed E-state index contributed by atoms with van der Waals surface area (Å²) < 4.78 is 0. The first-order chi connectivity index (χ1) is 9.19. The van der Waals surface area contributed by atoms with Crippen molar-refractivity contribution in [3.8, 4) is 12.1 Å². The summed E-state index contributed by atoms with van der Waals surface area (Å²) in [5.74, 6) is -0.148. The lowest BCUT2D eigenvalue weighted by Crippen LogP contribution is -2.55. The monoisotopic (exact) mass is 261 g/mol. The molecule has 1 aliphatic carbocycles. The summed E-state index contributed by atoms with van der Waals surface area (Å²) in [7, 11) is 0. The van der Waals surface area contributed by atoms with Gasteiger partial charge < -0.3 is 10.6 Å². The smallest absolute Gasteiger partial charge is 0.235 e. The molecule has 102 valence electrons. The number of piperazine rings is 1. The average Bonchev–Trinajstić information content (AvgIpc) is 2.88. The molecule has 0 bridgehead atoms. The van der Waals surface area contributed by atoms with Crippen molar-refractivity contribution in [1.82, 2.24) is 15.5 Å². The van der Waals surface area contributed by atoms with Gasteiger partial charge in [0.05, 0.1) is 18.7 Å². The van der Waals surface area contributed by atoms with Crippen molar-refractivity contribution < 1.29 is 4.79 Å². The molecule has 2 rings (SSSR count). The fraction of sp³-hybridized carbons (Fsp3) is 0.769. The standard InChI is InChI=1S/C13H19N5O/c14-7-11-8-16-5-6-18(11)9-12(19)17-13(10-15)3-1-2-4-13/h11,16H,1-6,8-9H2,(H,17,19). The highest BCUT2D eigenvalue weighted by atomic mass is 16.2. The summed E-state index contributed by atoms with van der Waals surface area (Å²) in [5, 5.41) is 24.3. The third kappa shape index (κ3) is 3.23. The summed E-state index contributed by atoms with van der Waals surface area (Å²) in [5.41, 5.74) is -0.673. The van der Waals surface area contributed by atoms with Crippen LogP contribution in [0.3, 0.4) is 0 Å². The van der Waals surface area contributed by atoms with Crippen LogP contribution in [0.1, 0.15) is 25.7 Å². The molecule has 1 saturated carbocycles. The van der Waals surface area contributed by atoms with Crippen LogP contribution in [0, 0.1) is 22.7 Å². The Morgan fingerprint density at radius 1 is 1.42 bits per heavy atom. The van der Waals surface area contributed by atoms with E-state index in [1.165, 1.54) is 0 Å². The first-order valence-corrected chi connectivity index (χ1v) is 6.76. The number of nitrogens with one attached hydrogen (secondary N) is 2. The van der Waals surface area contributed by atoms with Crippen LogP contribution in [0.2, 0.25) is 0 Å². The fourth-order valence-electron chi connectivity index (χ4n) is 2.80. The molecule has 2 aliphatic rings. The molecule has 1 amide bonds. The van der Waals surface area contributed by atoms with Gasteiger partial charge in [-0.15, -0.1) is 0 Å². The van der Waals surface area contributed by atoms with Crippen LogP contribution in [-0.2, 0) is 4.79 Å². The Labute approximate surface area is 113 Å². The quantitative estimate of drug-likeness (QED) is 0.730. The van der Waals surface area contributed by atoms with Gasteiger partial charge in [0.15, 0.2) is 0 Å². The van der Waals surface area contributed by atoms with Gasteiger partial charge in [0, 0.05) is 19.6 Å². The summed E-state index contributed by atoms with van der Waals surface area (Å²) in [6, 6.07) is 4.18.